The fourth-order valence-corrected chi connectivity index (χ4v) is 6.38. The molecule has 2 atom stereocenters. The molecule has 7 nitrogen and oxygen atoms in total. The monoisotopic (exact) mass is 443 g/mol. The molecule has 1 saturated heterocycles. The van der Waals surface area contributed by atoms with Crippen molar-refractivity contribution in [3.05, 3.63) is 47.5 Å². The highest BCUT2D eigenvalue weighted by Gasteiger charge is 2.41. The first-order chi connectivity index (χ1) is 14.4. The normalized spacial score (nSPS) is 21.5. The van der Waals surface area contributed by atoms with Crippen molar-refractivity contribution in [3.8, 4) is 5.75 Å². The van der Waals surface area contributed by atoms with E-state index in [9.17, 15) is 13.2 Å². The van der Waals surface area contributed by atoms with Crippen molar-refractivity contribution in [2.24, 2.45) is 11.8 Å². The quantitative estimate of drug-likeness (QED) is 0.669. The number of nitrogens with zero attached hydrogens (tertiary/aromatic N) is 2. The van der Waals surface area contributed by atoms with Gasteiger partial charge < -0.3 is 10.1 Å². The van der Waals surface area contributed by atoms with E-state index in [0.717, 1.165) is 21.5 Å². The third-order valence-corrected chi connectivity index (χ3v) is 8.45. The molecule has 156 valence electrons. The Bertz CT molecular complexity index is 1240. The number of nitrogens with one attached hydrogen (secondary N) is 1. The molecule has 1 amide bonds. The maximum atomic E-state index is 13.2. The molecule has 0 unspecified atom stereocenters. The average Bonchev–Trinajstić information content (AvgIpc) is 3.46. The first kappa shape index (κ1) is 19.5. The summed E-state index contributed by atoms with van der Waals surface area (Å²) in [5, 5.41) is 2.93. The van der Waals surface area contributed by atoms with Gasteiger partial charge in [-0.05, 0) is 47.9 Å². The van der Waals surface area contributed by atoms with Crippen molar-refractivity contribution >= 4 is 43.2 Å². The predicted molar refractivity (Wildman–Crippen MR) is 115 cm³/mol. The Hall–Kier alpha value is -2.49. The number of rotatable bonds is 4. The summed E-state index contributed by atoms with van der Waals surface area (Å²) < 4.78 is 34.3. The number of anilines is 1. The van der Waals surface area contributed by atoms with Crippen molar-refractivity contribution in [2.45, 2.75) is 18.2 Å². The van der Waals surface area contributed by atoms with Crippen LogP contribution in [0.25, 0.3) is 10.2 Å². The van der Waals surface area contributed by atoms with Crippen molar-refractivity contribution in [1.29, 1.82) is 0 Å². The van der Waals surface area contributed by atoms with Crippen LogP contribution in [0, 0.1) is 11.8 Å². The Labute approximate surface area is 178 Å². The first-order valence-corrected chi connectivity index (χ1v) is 12.1. The standard InChI is InChI=1S/C21H21N3O4S2/c1-13-10-24(30(26,27)16-3-4-19-14(8-16)6-7-28-19)11-17(13)21(25)23-15-2-5-20-18(9-15)22-12-29-20/h2-5,8-9,12-13,17H,6-7,10-11H2,1H3,(H,23,25)/t13-,17+/m1/s1. The lowest BCUT2D eigenvalue weighted by atomic mass is 9.97. The van der Waals surface area contributed by atoms with Gasteiger partial charge in [-0.15, -0.1) is 11.3 Å². The van der Waals surface area contributed by atoms with Gasteiger partial charge in [0, 0.05) is 25.2 Å². The van der Waals surface area contributed by atoms with Gasteiger partial charge in [-0.25, -0.2) is 13.4 Å². The number of hydrogen-bond acceptors (Lipinski definition) is 6. The first-order valence-electron chi connectivity index (χ1n) is 9.82. The molecule has 9 heteroatoms. The fourth-order valence-electron chi connectivity index (χ4n) is 4.10. The third-order valence-electron chi connectivity index (χ3n) is 5.81. The lowest BCUT2D eigenvalue weighted by Gasteiger charge is -2.17. The van der Waals surface area contributed by atoms with E-state index in [1.165, 1.54) is 4.31 Å². The molecule has 2 aliphatic heterocycles. The van der Waals surface area contributed by atoms with Gasteiger partial charge in [0.1, 0.15) is 5.75 Å². The van der Waals surface area contributed by atoms with Gasteiger partial charge in [-0.3, -0.25) is 4.79 Å². The van der Waals surface area contributed by atoms with E-state index in [1.54, 1.807) is 35.0 Å². The molecular weight excluding hydrogens is 422 g/mol. The highest BCUT2D eigenvalue weighted by atomic mass is 32.2. The summed E-state index contributed by atoms with van der Waals surface area (Å²) in [6, 6.07) is 10.6. The van der Waals surface area contributed by atoms with Crippen LogP contribution in [0.1, 0.15) is 12.5 Å². The van der Waals surface area contributed by atoms with Gasteiger partial charge in [-0.1, -0.05) is 6.92 Å². The Morgan fingerprint density at radius 2 is 2.10 bits per heavy atom. The summed E-state index contributed by atoms with van der Waals surface area (Å²) in [5.74, 6) is 0.0828. The molecule has 3 heterocycles. The minimum atomic E-state index is -3.66. The molecule has 0 radical (unpaired) electrons. The van der Waals surface area contributed by atoms with Crippen LogP contribution in [0.5, 0.6) is 5.75 Å². The summed E-state index contributed by atoms with van der Waals surface area (Å²) in [6.07, 6.45) is 0.712. The van der Waals surface area contributed by atoms with E-state index in [4.69, 9.17) is 4.74 Å². The molecule has 0 spiro atoms. The van der Waals surface area contributed by atoms with E-state index in [0.29, 0.717) is 25.3 Å². The maximum Gasteiger partial charge on any atom is 0.243 e. The van der Waals surface area contributed by atoms with Gasteiger partial charge in [0.25, 0.3) is 0 Å². The second kappa shape index (κ2) is 7.33. The van der Waals surface area contributed by atoms with Crippen LogP contribution >= 0.6 is 11.3 Å². The Kier molecular flexibility index (Phi) is 4.76. The van der Waals surface area contributed by atoms with E-state index in [1.807, 2.05) is 25.1 Å². The highest BCUT2D eigenvalue weighted by Crippen LogP contribution is 2.33. The second-order valence-corrected chi connectivity index (χ2v) is 10.6. The minimum absolute atomic E-state index is 0.0828. The van der Waals surface area contributed by atoms with Gasteiger partial charge in [-0.2, -0.15) is 4.31 Å². The number of carbonyl (C=O) groups is 1. The Morgan fingerprint density at radius 3 is 2.97 bits per heavy atom. The van der Waals surface area contributed by atoms with Crippen LogP contribution in [0.15, 0.2) is 46.8 Å². The Balaban J connectivity index is 1.33. The van der Waals surface area contributed by atoms with Gasteiger partial charge in [0.15, 0.2) is 0 Å². The summed E-state index contributed by atoms with van der Waals surface area (Å²) in [4.78, 5) is 17.4. The zero-order chi connectivity index (χ0) is 20.9. The van der Waals surface area contributed by atoms with Crippen LogP contribution in [0.3, 0.4) is 0 Å². The zero-order valence-corrected chi connectivity index (χ0v) is 18.0. The second-order valence-electron chi connectivity index (χ2n) is 7.80. The number of sulfonamides is 1. The number of hydrogen-bond donors (Lipinski definition) is 1. The predicted octanol–water partition coefficient (Wildman–Crippen LogP) is 3.13. The van der Waals surface area contributed by atoms with Crippen LogP contribution in [-0.4, -0.2) is 43.3 Å². The molecule has 1 N–H and O–H groups in total. The van der Waals surface area contributed by atoms with Crippen molar-refractivity contribution in [2.75, 3.05) is 25.0 Å². The lowest BCUT2D eigenvalue weighted by Crippen LogP contribution is -2.31. The number of amides is 1. The zero-order valence-electron chi connectivity index (χ0n) is 16.4. The van der Waals surface area contributed by atoms with Crippen molar-refractivity contribution < 1.29 is 17.9 Å². The fraction of sp³-hybridized carbons (Fsp3) is 0.333. The summed E-state index contributed by atoms with van der Waals surface area (Å²) in [6.45, 7) is 2.98. The number of benzene rings is 2. The molecule has 5 rings (SSSR count). The molecular formula is C21H21N3O4S2. The van der Waals surface area contributed by atoms with Crippen LogP contribution in [0.4, 0.5) is 5.69 Å². The van der Waals surface area contributed by atoms with E-state index >= 15 is 0 Å². The van der Waals surface area contributed by atoms with E-state index < -0.39 is 15.9 Å². The SMILES string of the molecule is C[C@@H]1CN(S(=O)(=O)c2ccc3c(c2)CCO3)C[C@@H]1C(=O)Nc1ccc2scnc2c1. The smallest absolute Gasteiger partial charge is 0.243 e. The van der Waals surface area contributed by atoms with E-state index in [-0.39, 0.29) is 23.3 Å². The Morgan fingerprint density at radius 1 is 1.23 bits per heavy atom. The van der Waals surface area contributed by atoms with Crippen LogP contribution in [0.2, 0.25) is 0 Å². The van der Waals surface area contributed by atoms with Crippen molar-refractivity contribution in [1.82, 2.24) is 9.29 Å². The molecule has 2 aromatic carbocycles. The molecule has 1 aromatic heterocycles. The number of aromatic nitrogens is 1. The largest absolute Gasteiger partial charge is 0.493 e. The average molecular weight is 444 g/mol. The molecule has 0 aliphatic carbocycles. The molecule has 1 fully saturated rings. The van der Waals surface area contributed by atoms with Crippen LogP contribution in [-0.2, 0) is 21.2 Å². The molecule has 3 aromatic rings. The van der Waals surface area contributed by atoms with Gasteiger partial charge in [0.05, 0.1) is 33.1 Å². The van der Waals surface area contributed by atoms with Gasteiger partial charge >= 0.3 is 0 Å². The molecule has 30 heavy (non-hydrogen) atoms. The van der Waals surface area contributed by atoms with Crippen LogP contribution < -0.4 is 10.1 Å². The molecule has 2 aliphatic rings. The number of ether oxygens (including phenoxy) is 1. The molecule has 0 bridgehead atoms. The highest BCUT2D eigenvalue weighted by molar-refractivity contribution is 7.89. The van der Waals surface area contributed by atoms with Crippen molar-refractivity contribution in [3.63, 3.8) is 0 Å². The minimum Gasteiger partial charge on any atom is -0.493 e. The van der Waals surface area contributed by atoms with E-state index in [2.05, 4.69) is 10.3 Å². The number of fused-ring (bicyclic) bond motifs is 2. The third kappa shape index (κ3) is 3.36. The van der Waals surface area contributed by atoms with Gasteiger partial charge in [0.2, 0.25) is 15.9 Å². The summed E-state index contributed by atoms with van der Waals surface area (Å²) in [5.41, 5.74) is 4.19. The summed E-state index contributed by atoms with van der Waals surface area (Å²) >= 11 is 1.54. The topological polar surface area (TPSA) is 88.6 Å². The lowest BCUT2D eigenvalue weighted by molar-refractivity contribution is -0.120. The maximum absolute atomic E-state index is 13.2. The number of carbonyl (C=O) groups excluding carboxylic acids is 1. The summed E-state index contributed by atoms with van der Waals surface area (Å²) in [7, 11) is -3.66. The molecule has 0 saturated carbocycles. The number of thiazole rings is 1.